The molecule has 8 nitrogen and oxygen atoms in total. The van der Waals surface area contributed by atoms with E-state index >= 15 is 0 Å². The SMILES string of the molecule is COc1cc(-n2cnnn2)c(Cl)cc1C(=O)Nc1cc(CS(C)=O)ccc1Cl. The minimum absolute atomic E-state index is 0.213. The first-order valence-corrected chi connectivity index (χ1v) is 10.4. The Bertz CT molecular complexity index is 1040. The molecule has 146 valence electrons. The van der Waals surface area contributed by atoms with E-state index < -0.39 is 16.7 Å². The summed E-state index contributed by atoms with van der Waals surface area (Å²) < 4.78 is 18.1. The Morgan fingerprint density at radius 2 is 2.04 bits per heavy atom. The minimum Gasteiger partial charge on any atom is -0.496 e. The number of amides is 1. The van der Waals surface area contributed by atoms with E-state index in [9.17, 15) is 9.00 Å². The Labute approximate surface area is 173 Å². The maximum absolute atomic E-state index is 12.8. The van der Waals surface area contributed by atoms with Crippen LogP contribution in [0, 0.1) is 0 Å². The van der Waals surface area contributed by atoms with Gasteiger partial charge in [-0.3, -0.25) is 9.00 Å². The van der Waals surface area contributed by atoms with Crippen LogP contribution < -0.4 is 10.1 Å². The van der Waals surface area contributed by atoms with Crippen molar-refractivity contribution in [1.29, 1.82) is 0 Å². The predicted molar refractivity (Wildman–Crippen MR) is 108 cm³/mol. The molecule has 1 amide bonds. The average molecular weight is 440 g/mol. The van der Waals surface area contributed by atoms with Gasteiger partial charge in [0.05, 0.1) is 34.1 Å². The number of carbonyl (C=O) groups excluding carboxylic acids is 1. The summed E-state index contributed by atoms with van der Waals surface area (Å²) in [5.74, 6) is 0.184. The molecule has 0 aliphatic rings. The Morgan fingerprint density at radius 3 is 2.68 bits per heavy atom. The number of halogens is 2. The molecule has 2 aromatic carbocycles. The summed E-state index contributed by atoms with van der Waals surface area (Å²) in [5, 5.41) is 14.3. The number of hydrogen-bond donors (Lipinski definition) is 1. The molecular weight excluding hydrogens is 425 g/mol. The lowest BCUT2D eigenvalue weighted by atomic mass is 10.1. The number of aromatic nitrogens is 4. The second-order valence-electron chi connectivity index (χ2n) is 5.74. The van der Waals surface area contributed by atoms with E-state index in [2.05, 4.69) is 20.8 Å². The fourth-order valence-electron chi connectivity index (χ4n) is 2.52. The maximum Gasteiger partial charge on any atom is 0.259 e. The fourth-order valence-corrected chi connectivity index (χ4v) is 3.58. The first-order chi connectivity index (χ1) is 13.4. The van der Waals surface area contributed by atoms with Crippen LogP contribution in [0.1, 0.15) is 15.9 Å². The van der Waals surface area contributed by atoms with Crippen molar-refractivity contribution in [3.8, 4) is 11.4 Å². The third-order valence-electron chi connectivity index (χ3n) is 3.76. The summed E-state index contributed by atoms with van der Waals surface area (Å²) in [5.41, 5.74) is 1.87. The molecule has 1 unspecified atom stereocenters. The molecule has 1 atom stereocenters. The minimum atomic E-state index is -1.02. The van der Waals surface area contributed by atoms with Gasteiger partial charge < -0.3 is 10.1 Å². The first kappa shape index (κ1) is 20.2. The molecule has 0 saturated heterocycles. The van der Waals surface area contributed by atoms with Gasteiger partial charge >= 0.3 is 0 Å². The first-order valence-electron chi connectivity index (χ1n) is 7.89. The zero-order valence-corrected chi connectivity index (χ0v) is 17.2. The summed E-state index contributed by atoms with van der Waals surface area (Å²) >= 11 is 12.5. The van der Waals surface area contributed by atoms with E-state index in [4.69, 9.17) is 27.9 Å². The van der Waals surface area contributed by atoms with E-state index in [1.165, 1.54) is 24.2 Å². The molecule has 1 N–H and O–H groups in total. The van der Waals surface area contributed by atoms with Crippen LogP contribution in [-0.4, -0.2) is 43.7 Å². The number of hydrogen-bond acceptors (Lipinski definition) is 6. The quantitative estimate of drug-likeness (QED) is 0.633. The van der Waals surface area contributed by atoms with E-state index in [0.717, 1.165) is 5.56 Å². The topological polar surface area (TPSA) is 99.0 Å². The number of tetrazole rings is 1. The van der Waals surface area contributed by atoms with Crippen LogP contribution in [0.25, 0.3) is 5.69 Å². The molecule has 0 saturated carbocycles. The van der Waals surface area contributed by atoms with Crippen LogP contribution in [-0.2, 0) is 16.6 Å². The van der Waals surface area contributed by atoms with Crippen LogP contribution in [0.15, 0.2) is 36.7 Å². The van der Waals surface area contributed by atoms with Crippen molar-refractivity contribution < 1.29 is 13.7 Å². The van der Waals surface area contributed by atoms with Crippen LogP contribution in [0.2, 0.25) is 10.0 Å². The monoisotopic (exact) mass is 439 g/mol. The largest absolute Gasteiger partial charge is 0.496 e. The molecule has 3 aromatic rings. The van der Waals surface area contributed by atoms with Gasteiger partial charge in [-0.25, -0.2) is 0 Å². The molecule has 0 spiro atoms. The Morgan fingerprint density at radius 1 is 1.25 bits per heavy atom. The van der Waals surface area contributed by atoms with Crippen molar-refractivity contribution in [2.24, 2.45) is 0 Å². The average Bonchev–Trinajstić information content (AvgIpc) is 3.18. The van der Waals surface area contributed by atoms with E-state index in [1.54, 1.807) is 30.5 Å². The van der Waals surface area contributed by atoms with Gasteiger partial charge in [0.15, 0.2) is 0 Å². The zero-order chi connectivity index (χ0) is 20.3. The van der Waals surface area contributed by atoms with Crippen molar-refractivity contribution in [2.45, 2.75) is 5.75 Å². The second-order valence-corrected chi connectivity index (χ2v) is 7.99. The molecule has 3 rings (SSSR count). The van der Waals surface area contributed by atoms with Crippen LogP contribution >= 0.6 is 23.2 Å². The number of rotatable bonds is 6. The van der Waals surface area contributed by atoms with Crippen molar-refractivity contribution in [2.75, 3.05) is 18.7 Å². The lowest BCUT2D eigenvalue weighted by molar-refractivity contribution is 0.102. The summed E-state index contributed by atoms with van der Waals surface area (Å²) in [6.07, 6.45) is 2.98. The molecule has 0 aliphatic heterocycles. The van der Waals surface area contributed by atoms with Gasteiger partial charge in [0.1, 0.15) is 12.1 Å². The van der Waals surface area contributed by atoms with Crippen molar-refractivity contribution in [3.05, 3.63) is 57.8 Å². The summed E-state index contributed by atoms with van der Waals surface area (Å²) in [6.45, 7) is 0. The summed E-state index contributed by atoms with van der Waals surface area (Å²) in [6, 6.07) is 8.12. The highest BCUT2D eigenvalue weighted by Crippen LogP contribution is 2.31. The highest BCUT2D eigenvalue weighted by molar-refractivity contribution is 7.83. The van der Waals surface area contributed by atoms with E-state index in [-0.39, 0.29) is 16.3 Å². The number of methoxy groups -OCH3 is 1. The van der Waals surface area contributed by atoms with Crippen molar-refractivity contribution in [1.82, 2.24) is 20.2 Å². The number of benzene rings is 2. The Balaban J connectivity index is 1.93. The van der Waals surface area contributed by atoms with Crippen LogP contribution in [0.4, 0.5) is 5.69 Å². The zero-order valence-electron chi connectivity index (χ0n) is 14.8. The summed E-state index contributed by atoms with van der Waals surface area (Å²) in [4.78, 5) is 12.8. The predicted octanol–water partition coefficient (Wildman–Crippen LogP) is 3.11. The van der Waals surface area contributed by atoms with Gasteiger partial charge in [0.2, 0.25) is 0 Å². The molecular formula is C17H15Cl2N5O3S. The highest BCUT2D eigenvalue weighted by Gasteiger charge is 2.18. The molecule has 11 heteroatoms. The number of nitrogens with zero attached hydrogens (tertiary/aromatic N) is 4. The Hall–Kier alpha value is -2.49. The molecule has 0 fully saturated rings. The molecule has 0 aliphatic carbocycles. The molecule has 0 radical (unpaired) electrons. The molecule has 0 bridgehead atoms. The highest BCUT2D eigenvalue weighted by atomic mass is 35.5. The normalized spacial score (nSPS) is 11.9. The second kappa shape index (κ2) is 8.68. The third-order valence-corrected chi connectivity index (χ3v) is 5.13. The molecule has 28 heavy (non-hydrogen) atoms. The fraction of sp³-hybridized carbons (Fsp3) is 0.176. The van der Waals surface area contributed by atoms with Gasteiger partial charge in [-0.05, 0) is 34.2 Å². The van der Waals surface area contributed by atoms with E-state index in [1.807, 2.05) is 0 Å². The lowest BCUT2D eigenvalue weighted by Crippen LogP contribution is -2.14. The van der Waals surface area contributed by atoms with Gasteiger partial charge in [-0.15, -0.1) is 5.10 Å². The maximum atomic E-state index is 12.8. The number of nitrogens with one attached hydrogen (secondary N) is 1. The molecule has 1 heterocycles. The van der Waals surface area contributed by atoms with E-state index in [0.29, 0.717) is 22.2 Å². The number of anilines is 1. The van der Waals surface area contributed by atoms with Gasteiger partial charge in [0, 0.05) is 28.9 Å². The number of carbonyl (C=O) groups is 1. The van der Waals surface area contributed by atoms with Crippen molar-refractivity contribution >= 4 is 45.6 Å². The van der Waals surface area contributed by atoms with Crippen LogP contribution in [0.5, 0.6) is 5.75 Å². The lowest BCUT2D eigenvalue weighted by Gasteiger charge is -2.14. The Kier molecular flexibility index (Phi) is 6.28. The number of ether oxygens (including phenoxy) is 1. The molecule has 1 aromatic heterocycles. The third kappa shape index (κ3) is 4.49. The standard InChI is InChI=1S/C17H15Cl2N5O3S/c1-27-16-7-15(24-9-20-22-23-24)13(19)6-11(16)17(25)21-14-5-10(8-28(2)26)3-4-12(14)18/h3-7,9H,8H2,1-2H3,(H,21,25). The van der Waals surface area contributed by atoms with Gasteiger partial charge in [-0.2, -0.15) is 4.68 Å². The van der Waals surface area contributed by atoms with Gasteiger partial charge in [-0.1, -0.05) is 29.3 Å². The summed E-state index contributed by atoms with van der Waals surface area (Å²) in [7, 11) is 0.421. The van der Waals surface area contributed by atoms with Gasteiger partial charge in [0.25, 0.3) is 5.91 Å². The smallest absolute Gasteiger partial charge is 0.259 e. The van der Waals surface area contributed by atoms with Crippen molar-refractivity contribution in [3.63, 3.8) is 0 Å². The van der Waals surface area contributed by atoms with Crippen LogP contribution in [0.3, 0.4) is 0 Å².